The molecule has 0 heterocycles. The van der Waals surface area contributed by atoms with Crippen LogP contribution in [-0.2, 0) is 16.6 Å². The van der Waals surface area contributed by atoms with E-state index in [-0.39, 0.29) is 17.5 Å². The van der Waals surface area contributed by atoms with Crippen molar-refractivity contribution in [3.05, 3.63) is 63.6 Å². The minimum Gasteiger partial charge on any atom is -0.207 e. The highest BCUT2D eigenvalue weighted by Gasteiger charge is 2.38. The quantitative estimate of drug-likeness (QED) is 0.779. The molecule has 2 aromatic rings. The van der Waals surface area contributed by atoms with Crippen molar-refractivity contribution in [3.63, 3.8) is 0 Å². The van der Waals surface area contributed by atoms with Crippen LogP contribution in [-0.4, -0.2) is 18.8 Å². The highest BCUT2D eigenvalue weighted by atomic mass is 35.5. The SMILES string of the molecule is N#Cc1ccc(S(=O)(=O)N(Cc2ccc(Cl)c(Cl)c2)C2CC2)cc1. The Labute approximate surface area is 151 Å². The summed E-state index contributed by atoms with van der Waals surface area (Å²) in [4.78, 5) is 0.188. The molecule has 0 aliphatic heterocycles. The maximum atomic E-state index is 13.0. The second-order valence-electron chi connectivity index (χ2n) is 5.67. The molecule has 0 radical (unpaired) electrons. The highest BCUT2D eigenvalue weighted by molar-refractivity contribution is 7.89. The summed E-state index contributed by atoms with van der Waals surface area (Å²) in [5.74, 6) is 0. The normalized spacial score (nSPS) is 14.6. The first kappa shape index (κ1) is 17.2. The molecule has 0 aromatic heterocycles. The molecule has 0 N–H and O–H groups in total. The Kier molecular flexibility index (Phi) is 4.84. The van der Waals surface area contributed by atoms with Crippen LogP contribution in [0.3, 0.4) is 0 Å². The van der Waals surface area contributed by atoms with Gasteiger partial charge in [-0.2, -0.15) is 9.57 Å². The molecule has 0 amide bonds. The van der Waals surface area contributed by atoms with Crippen LogP contribution in [0.1, 0.15) is 24.0 Å². The number of halogens is 2. The van der Waals surface area contributed by atoms with Crippen LogP contribution in [0.5, 0.6) is 0 Å². The largest absolute Gasteiger partial charge is 0.243 e. The molecular formula is C17H14Cl2N2O2S. The number of hydrogen-bond donors (Lipinski definition) is 0. The van der Waals surface area contributed by atoms with Crippen molar-refractivity contribution in [1.29, 1.82) is 5.26 Å². The molecule has 2 aromatic carbocycles. The van der Waals surface area contributed by atoms with Crippen molar-refractivity contribution in [2.24, 2.45) is 0 Å². The van der Waals surface area contributed by atoms with Gasteiger partial charge in [-0.1, -0.05) is 29.3 Å². The van der Waals surface area contributed by atoms with Crippen LogP contribution in [0, 0.1) is 11.3 Å². The van der Waals surface area contributed by atoms with Crippen molar-refractivity contribution in [2.45, 2.75) is 30.3 Å². The van der Waals surface area contributed by atoms with Crippen LogP contribution in [0.2, 0.25) is 10.0 Å². The lowest BCUT2D eigenvalue weighted by molar-refractivity contribution is 0.398. The van der Waals surface area contributed by atoms with E-state index in [4.69, 9.17) is 28.5 Å². The van der Waals surface area contributed by atoms with E-state index in [1.54, 1.807) is 18.2 Å². The Hall–Kier alpha value is -1.58. The molecule has 0 bridgehead atoms. The Morgan fingerprint density at radius 3 is 2.29 bits per heavy atom. The smallest absolute Gasteiger partial charge is 0.207 e. The summed E-state index contributed by atoms with van der Waals surface area (Å²) < 4.78 is 27.4. The molecule has 1 saturated carbocycles. The van der Waals surface area contributed by atoms with Gasteiger partial charge in [0.2, 0.25) is 10.0 Å². The Bertz CT molecular complexity index is 901. The zero-order valence-corrected chi connectivity index (χ0v) is 14.9. The number of rotatable bonds is 5. The van der Waals surface area contributed by atoms with E-state index in [2.05, 4.69) is 0 Å². The van der Waals surface area contributed by atoms with Crippen LogP contribution in [0.4, 0.5) is 0 Å². The molecule has 3 rings (SSSR count). The fourth-order valence-electron chi connectivity index (χ4n) is 2.43. The fraction of sp³-hybridized carbons (Fsp3) is 0.235. The van der Waals surface area contributed by atoms with E-state index in [0.717, 1.165) is 18.4 Å². The molecule has 1 aliphatic rings. The van der Waals surface area contributed by atoms with Gasteiger partial charge in [-0.3, -0.25) is 0 Å². The summed E-state index contributed by atoms with van der Waals surface area (Å²) in [5.41, 5.74) is 1.21. The van der Waals surface area contributed by atoms with E-state index in [0.29, 0.717) is 15.6 Å². The minimum absolute atomic E-state index is 0.0000897. The third-order valence-electron chi connectivity index (χ3n) is 3.87. The van der Waals surface area contributed by atoms with Crippen LogP contribution in [0.15, 0.2) is 47.4 Å². The standard InChI is InChI=1S/C17H14Cl2N2O2S/c18-16-8-3-13(9-17(16)19)11-21(14-4-5-14)24(22,23)15-6-1-12(10-20)2-7-15/h1-3,6-9,14H,4-5,11H2. The van der Waals surface area contributed by atoms with E-state index in [1.807, 2.05) is 6.07 Å². The Morgan fingerprint density at radius 2 is 1.75 bits per heavy atom. The number of nitrogens with zero attached hydrogens (tertiary/aromatic N) is 2. The van der Waals surface area contributed by atoms with Crippen LogP contribution in [0.25, 0.3) is 0 Å². The summed E-state index contributed by atoms with van der Waals surface area (Å²) >= 11 is 11.9. The Balaban J connectivity index is 1.91. The molecule has 0 spiro atoms. The number of hydrogen-bond acceptors (Lipinski definition) is 3. The first-order valence-electron chi connectivity index (χ1n) is 7.38. The van der Waals surface area contributed by atoms with Crippen molar-refractivity contribution < 1.29 is 8.42 Å². The maximum absolute atomic E-state index is 13.0. The maximum Gasteiger partial charge on any atom is 0.243 e. The van der Waals surface area contributed by atoms with Gasteiger partial charge in [-0.15, -0.1) is 0 Å². The van der Waals surface area contributed by atoms with Gasteiger partial charge in [0.15, 0.2) is 0 Å². The lowest BCUT2D eigenvalue weighted by atomic mass is 10.2. The number of sulfonamides is 1. The first-order chi connectivity index (χ1) is 11.4. The van der Waals surface area contributed by atoms with Gasteiger partial charge in [0.1, 0.15) is 0 Å². The second-order valence-corrected chi connectivity index (χ2v) is 8.37. The van der Waals surface area contributed by atoms with Crippen LogP contribution >= 0.6 is 23.2 Å². The van der Waals surface area contributed by atoms with Crippen molar-refractivity contribution in [2.75, 3.05) is 0 Å². The van der Waals surface area contributed by atoms with E-state index in [9.17, 15) is 8.42 Å². The van der Waals surface area contributed by atoms with Gasteiger partial charge >= 0.3 is 0 Å². The van der Waals surface area contributed by atoms with Gasteiger partial charge in [0.25, 0.3) is 0 Å². The molecule has 124 valence electrons. The zero-order chi connectivity index (χ0) is 17.3. The average molecular weight is 381 g/mol. The van der Waals surface area contributed by atoms with E-state index >= 15 is 0 Å². The summed E-state index contributed by atoms with van der Waals surface area (Å²) in [5, 5.41) is 9.69. The van der Waals surface area contributed by atoms with Crippen molar-refractivity contribution in [3.8, 4) is 6.07 Å². The van der Waals surface area contributed by atoms with Gasteiger partial charge in [0.05, 0.1) is 26.6 Å². The second kappa shape index (κ2) is 6.73. The monoisotopic (exact) mass is 380 g/mol. The van der Waals surface area contributed by atoms with E-state index < -0.39 is 10.0 Å². The molecule has 1 fully saturated rings. The molecule has 4 nitrogen and oxygen atoms in total. The summed E-state index contributed by atoms with van der Waals surface area (Å²) in [6.07, 6.45) is 1.69. The summed E-state index contributed by atoms with van der Waals surface area (Å²) in [6.45, 7) is 0.240. The average Bonchev–Trinajstić information content (AvgIpc) is 3.40. The third kappa shape index (κ3) is 3.57. The first-order valence-corrected chi connectivity index (χ1v) is 9.57. The number of nitriles is 1. The van der Waals surface area contributed by atoms with E-state index in [1.165, 1.54) is 28.6 Å². The molecule has 7 heteroatoms. The lowest BCUT2D eigenvalue weighted by Crippen LogP contribution is -2.32. The molecule has 0 atom stereocenters. The predicted octanol–water partition coefficient (Wildman–Crippen LogP) is 4.22. The molecule has 0 unspecified atom stereocenters. The van der Waals surface area contributed by atoms with Crippen LogP contribution < -0.4 is 0 Å². The van der Waals surface area contributed by atoms with Gasteiger partial charge in [-0.25, -0.2) is 8.42 Å². The molecular weight excluding hydrogens is 367 g/mol. The highest BCUT2D eigenvalue weighted by Crippen LogP contribution is 2.34. The van der Waals surface area contributed by atoms with Gasteiger partial charge in [-0.05, 0) is 54.8 Å². The third-order valence-corrected chi connectivity index (χ3v) is 6.52. The predicted molar refractivity (Wildman–Crippen MR) is 93.4 cm³/mol. The molecule has 0 saturated heterocycles. The van der Waals surface area contributed by atoms with Crippen molar-refractivity contribution >= 4 is 33.2 Å². The van der Waals surface area contributed by atoms with Crippen molar-refractivity contribution in [1.82, 2.24) is 4.31 Å². The molecule has 24 heavy (non-hydrogen) atoms. The molecule has 1 aliphatic carbocycles. The fourth-order valence-corrected chi connectivity index (χ4v) is 4.42. The van der Waals surface area contributed by atoms with Gasteiger partial charge < -0.3 is 0 Å². The number of benzene rings is 2. The lowest BCUT2D eigenvalue weighted by Gasteiger charge is -2.22. The Morgan fingerprint density at radius 1 is 1.08 bits per heavy atom. The van der Waals surface area contributed by atoms with Gasteiger partial charge in [0, 0.05) is 12.6 Å². The minimum atomic E-state index is -3.64. The zero-order valence-electron chi connectivity index (χ0n) is 12.6. The summed E-state index contributed by atoms with van der Waals surface area (Å²) in [7, 11) is -3.64. The summed E-state index contributed by atoms with van der Waals surface area (Å²) in [6, 6.07) is 13.1. The topological polar surface area (TPSA) is 61.2 Å².